The molecule has 0 saturated heterocycles. The van der Waals surface area contributed by atoms with Gasteiger partial charge in [0.2, 0.25) is 6.33 Å². The summed E-state index contributed by atoms with van der Waals surface area (Å²) in [5.41, 5.74) is -11.0. The lowest BCUT2D eigenvalue weighted by molar-refractivity contribution is -0.671. The van der Waals surface area contributed by atoms with Gasteiger partial charge in [-0.2, -0.15) is 26.3 Å². The zero-order valence-electron chi connectivity index (χ0n) is 10.9. The van der Waals surface area contributed by atoms with E-state index in [4.69, 9.17) is 4.78 Å². The van der Waals surface area contributed by atoms with Crippen LogP contribution in [-0.4, -0.2) is 15.6 Å². The number of hydrogen-bond acceptors (Lipinski definition) is 1. The minimum atomic E-state index is -5.49. The lowest BCUT2D eigenvalue weighted by Crippen LogP contribution is -2.28. The Labute approximate surface area is 115 Å². The molecule has 1 rings (SSSR count). The van der Waals surface area contributed by atoms with Gasteiger partial charge in [-0.3, -0.25) is 4.78 Å². The smallest absolute Gasteiger partial charge is 0.265 e. The number of imidazole rings is 1. The number of alkyl halides is 6. The summed E-state index contributed by atoms with van der Waals surface area (Å²) in [4.78, 5) is 0. The molecule has 0 unspecified atom stereocenters. The van der Waals surface area contributed by atoms with Crippen LogP contribution in [0, 0.1) is 4.78 Å². The Balaban J connectivity index is 0.000000361. The SMILES string of the molecule is CCCCn1cc[n+](C)c1.N=S(C(F)(F)F)C(F)(F)F. The predicted octanol–water partition coefficient (Wildman–Crippen LogP) is 3.52. The van der Waals surface area contributed by atoms with Crippen molar-refractivity contribution >= 4 is 10.7 Å². The van der Waals surface area contributed by atoms with Crippen LogP contribution in [0.3, 0.4) is 0 Å². The first-order chi connectivity index (χ1) is 8.98. The summed E-state index contributed by atoms with van der Waals surface area (Å²) < 4.78 is 76.2. The summed E-state index contributed by atoms with van der Waals surface area (Å²) in [6.45, 7) is 3.36. The highest BCUT2D eigenvalue weighted by Crippen LogP contribution is 2.33. The molecule has 0 aromatic carbocycles. The van der Waals surface area contributed by atoms with Crippen molar-refractivity contribution in [2.45, 2.75) is 37.3 Å². The minimum absolute atomic E-state index is 1.15. The fourth-order valence-corrected chi connectivity index (χ4v) is 1.37. The molecule has 0 spiro atoms. The monoisotopic (exact) mass is 324 g/mol. The van der Waals surface area contributed by atoms with E-state index in [2.05, 4.69) is 34.8 Å². The quantitative estimate of drug-likeness (QED) is 0.652. The second-order valence-electron chi connectivity index (χ2n) is 3.87. The number of nitrogens with zero attached hydrogens (tertiary/aromatic N) is 2. The van der Waals surface area contributed by atoms with Gasteiger partial charge in [-0.15, -0.1) is 0 Å². The zero-order valence-corrected chi connectivity index (χ0v) is 11.7. The van der Waals surface area contributed by atoms with Gasteiger partial charge < -0.3 is 0 Å². The molecule has 10 heteroatoms. The molecule has 0 amide bonds. The third-order valence-corrected chi connectivity index (χ3v) is 2.98. The molecule has 0 aliphatic carbocycles. The van der Waals surface area contributed by atoms with Crippen molar-refractivity contribution in [1.29, 1.82) is 4.78 Å². The summed E-state index contributed by atoms with van der Waals surface area (Å²) in [5.74, 6) is 0. The Morgan fingerprint density at radius 1 is 1.15 bits per heavy atom. The van der Waals surface area contributed by atoms with Gasteiger partial charge >= 0.3 is 11.0 Å². The molecule has 0 radical (unpaired) electrons. The molecule has 0 aliphatic heterocycles. The van der Waals surface area contributed by atoms with E-state index in [0.717, 1.165) is 6.54 Å². The van der Waals surface area contributed by atoms with Crippen LogP contribution in [0.15, 0.2) is 18.7 Å². The largest absolute Gasteiger partial charge is 0.460 e. The van der Waals surface area contributed by atoms with E-state index in [1.165, 1.54) is 12.8 Å². The van der Waals surface area contributed by atoms with Crippen molar-refractivity contribution in [3.63, 3.8) is 0 Å². The van der Waals surface area contributed by atoms with Crippen LogP contribution >= 0.6 is 0 Å². The Hall–Kier alpha value is -1.06. The van der Waals surface area contributed by atoms with Crippen LogP contribution in [0.4, 0.5) is 26.3 Å². The van der Waals surface area contributed by atoms with Gasteiger partial charge in [0, 0.05) is 0 Å². The molecule has 0 atom stereocenters. The van der Waals surface area contributed by atoms with Gasteiger partial charge in [0.15, 0.2) is 0 Å². The molecule has 0 aliphatic rings. The standard InChI is InChI=1S/C8H15N2.C2HF6NS/c1-3-4-5-10-7-6-9(2)8-10;3-1(4,5)10(9)2(6,7)8/h6-8H,3-5H2,1-2H3;9H/q+1;. The fraction of sp³-hybridized carbons (Fsp3) is 0.700. The van der Waals surface area contributed by atoms with Gasteiger partial charge in [-0.05, 0) is 6.42 Å². The number of rotatable bonds is 3. The Morgan fingerprint density at radius 3 is 1.90 bits per heavy atom. The molecule has 1 aromatic heterocycles. The maximum absolute atomic E-state index is 11.0. The zero-order chi connectivity index (χ0) is 16.0. The highest BCUT2D eigenvalue weighted by molar-refractivity contribution is 7.87. The third-order valence-electron chi connectivity index (χ3n) is 2.06. The second kappa shape index (κ2) is 7.65. The maximum atomic E-state index is 11.0. The summed E-state index contributed by atoms with van der Waals surface area (Å²) in [6.07, 6.45) is 8.82. The molecule has 1 heterocycles. The molecule has 1 N–H and O–H groups in total. The molecule has 0 fully saturated rings. The Bertz CT molecular complexity index is 407. The minimum Gasteiger partial charge on any atom is -0.265 e. The molecule has 20 heavy (non-hydrogen) atoms. The van der Waals surface area contributed by atoms with Crippen molar-refractivity contribution in [3.8, 4) is 0 Å². The molecule has 0 saturated carbocycles. The van der Waals surface area contributed by atoms with E-state index in [0.29, 0.717) is 0 Å². The van der Waals surface area contributed by atoms with Crippen molar-refractivity contribution in [3.05, 3.63) is 18.7 Å². The summed E-state index contributed by atoms with van der Waals surface area (Å²) in [7, 11) is -2.21. The summed E-state index contributed by atoms with van der Waals surface area (Å²) in [6, 6.07) is 0. The van der Waals surface area contributed by atoms with Crippen molar-refractivity contribution in [1.82, 2.24) is 4.57 Å². The van der Waals surface area contributed by atoms with E-state index in [1.807, 2.05) is 7.05 Å². The van der Waals surface area contributed by atoms with E-state index < -0.39 is 21.7 Å². The molecule has 118 valence electrons. The lowest BCUT2D eigenvalue weighted by atomic mass is 10.3. The van der Waals surface area contributed by atoms with Crippen LogP contribution in [0.1, 0.15) is 19.8 Å². The van der Waals surface area contributed by atoms with E-state index in [-0.39, 0.29) is 0 Å². The Morgan fingerprint density at radius 2 is 1.65 bits per heavy atom. The van der Waals surface area contributed by atoms with Gasteiger partial charge in [0.05, 0.1) is 13.6 Å². The lowest BCUT2D eigenvalue weighted by Gasteiger charge is -2.11. The highest BCUT2D eigenvalue weighted by atomic mass is 32.2. The van der Waals surface area contributed by atoms with Gasteiger partial charge in [-0.1, -0.05) is 13.3 Å². The van der Waals surface area contributed by atoms with Crippen molar-refractivity contribution < 1.29 is 30.9 Å². The molecule has 0 bridgehead atoms. The average molecular weight is 324 g/mol. The highest BCUT2D eigenvalue weighted by Gasteiger charge is 2.50. The topological polar surface area (TPSA) is 32.7 Å². The molecule has 1 aromatic rings. The number of nitrogens with one attached hydrogen (secondary N) is 1. The van der Waals surface area contributed by atoms with E-state index in [1.54, 1.807) is 0 Å². The molecule has 3 nitrogen and oxygen atoms in total. The number of halogens is 6. The fourth-order valence-electron chi connectivity index (χ4n) is 1.11. The van der Waals surface area contributed by atoms with Crippen molar-refractivity contribution in [2.24, 2.45) is 7.05 Å². The maximum Gasteiger partial charge on any atom is 0.460 e. The van der Waals surface area contributed by atoms with Crippen LogP contribution in [0.5, 0.6) is 0 Å². The summed E-state index contributed by atoms with van der Waals surface area (Å²) in [5, 5.41) is 0. The first kappa shape index (κ1) is 18.9. The van der Waals surface area contributed by atoms with E-state index >= 15 is 0 Å². The van der Waals surface area contributed by atoms with Gasteiger partial charge in [-0.25, -0.2) is 9.13 Å². The van der Waals surface area contributed by atoms with Crippen LogP contribution in [0.2, 0.25) is 0 Å². The van der Waals surface area contributed by atoms with Crippen LogP contribution in [0.25, 0.3) is 0 Å². The first-order valence-electron chi connectivity index (χ1n) is 5.58. The second-order valence-corrected chi connectivity index (χ2v) is 5.41. The number of hydrogen-bond donors (Lipinski definition) is 1. The van der Waals surface area contributed by atoms with Gasteiger partial charge in [0.1, 0.15) is 23.1 Å². The van der Waals surface area contributed by atoms with Crippen LogP contribution in [-0.2, 0) is 24.3 Å². The van der Waals surface area contributed by atoms with E-state index in [9.17, 15) is 26.3 Å². The normalized spacial score (nSPS) is 12.2. The first-order valence-corrected chi connectivity index (χ1v) is 6.81. The average Bonchev–Trinajstić information content (AvgIpc) is 2.70. The molecular formula is C10H16F6N3S+. The van der Waals surface area contributed by atoms with Crippen molar-refractivity contribution in [2.75, 3.05) is 0 Å². The Kier molecular flexibility index (Phi) is 7.25. The van der Waals surface area contributed by atoms with Gasteiger partial charge in [0.25, 0.3) is 0 Å². The molecular weight excluding hydrogens is 308 g/mol. The number of aromatic nitrogens is 2. The third kappa shape index (κ3) is 7.51. The number of aryl methyl sites for hydroxylation is 2. The predicted molar refractivity (Wildman–Crippen MR) is 62.7 cm³/mol. The summed E-state index contributed by atoms with van der Waals surface area (Å²) >= 11 is 0. The van der Waals surface area contributed by atoms with Crippen LogP contribution < -0.4 is 4.57 Å². The number of unbranched alkanes of at least 4 members (excludes halogenated alkanes) is 1.